The first-order valence-electron chi connectivity index (χ1n) is 5.96. The van der Waals surface area contributed by atoms with Crippen molar-refractivity contribution < 1.29 is 0 Å². The fourth-order valence-corrected chi connectivity index (χ4v) is 2.11. The molecule has 3 nitrogen and oxygen atoms in total. The third-order valence-electron chi connectivity index (χ3n) is 2.94. The van der Waals surface area contributed by atoms with Gasteiger partial charge in [-0.2, -0.15) is 0 Å². The van der Waals surface area contributed by atoms with Gasteiger partial charge in [0.2, 0.25) is 0 Å². The molecule has 4 heteroatoms. The average molecular weight is 306 g/mol. The molecule has 1 heterocycles. The Hall–Kier alpha value is -1.42. The van der Waals surface area contributed by atoms with E-state index in [0.29, 0.717) is 12.2 Å². The van der Waals surface area contributed by atoms with E-state index in [1.807, 2.05) is 19.1 Å². The highest BCUT2D eigenvalue weighted by Crippen LogP contribution is 2.16. The first kappa shape index (κ1) is 13.0. The monoisotopic (exact) mass is 305 g/mol. The molecule has 1 aromatic carbocycles. The molecule has 0 aliphatic rings. The molecule has 0 unspecified atom stereocenters. The Morgan fingerprint density at radius 2 is 1.83 bits per heavy atom. The summed E-state index contributed by atoms with van der Waals surface area (Å²) in [7, 11) is 0. The van der Waals surface area contributed by atoms with E-state index in [4.69, 9.17) is 5.73 Å². The van der Waals surface area contributed by atoms with Crippen molar-refractivity contribution in [3.63, 3.8) is 0 Å². The van der Waals surface area contributed by atoms with Gasteiger partial charge in [-0.15, -0.1) is 0 Å². The third kappa shape index (κ3) is 2.88. The molecule has 0 bridgehead atoms. The molecule has 0 radical (unpaired) electrons. The lowest BCUT2D eigenvalue weighted by molar-refractivity contribution is 0.894. The zero-order valence-corrected chi connectivity index (χ0v) is 12.2. The molecule has 0 saturated carbocycles. The zero-order valence-electron chi connectivity index (χ0n) is 10.6. The van der Waals surface area contributed by atoms with Crippen LogP contribution in [0.4, 0.5) is 5.82 Å². The number of nitrogens with two attached hydrogens (primary N) is 1. The Kier molecular flexibility index (Phi) is 3.97. The maximum Gasteiger partial charge on any atom is 0.135 e. The van der Waals surface area contributed by atoms with E-state index in [9.17, 15) is 0 Å². The molecule has 1 aromatic heterocycles. The minimum Gasteiger partial charge on any atom is -0.383 e. The minimum absolute atomic E-state index is 0.592. The number of anilines is 1. The van der Waals surface area contributed by atoms with E-state index in [1.54, 1.807) is 0 Å². The Labute approximate surface area is 116 Å². The number of hydrogen-bond donors (Lipinski definition) is 1. The first-order chi connectivity index (χ1) is 8.60. The SMILES string of the molecule is CCc1nc(Cc2ccc(Br)cc2)nc(N)c1C. The van der Waals surface area contributed by atoms with Crippen LogP contribution in [-0.4, -0.2) is 9.97 Å². The van der Waals surface area contributed by atoms with Crippen LogP contribution in [-0.2, 0) is 12.8 Å². The predicted octanol–water partition coefficient (Wildman–Crippen LogP) is 3.28. The summed E-state index contributed by atoms with van der Waals surface area (Å²) in [4.78, 5) is 8.92. The van der Waals surface area contributed by atoms with Crippen molar-refractivity contribution >= 4 is 21.7 Å². The molecule has 94 valence electrons. The summed E-state index contributed by atoms with van der Waals surface area (Å²) in [6, 6.07) is 8.17. The van der Waals surface area contributed by atoms with E-state index < -0.39 is 0 Å². The van der Waals surface area contributed by atoms with Crippen LogP contribution in [0.5, 0.6) is 0 Å². The molecule has 0 aliphatic heterocycles. The van der Waals surface area contributed by atoms with Gasteiger partial charge in [0.15, 0.2) is 0 Å². The maximum atomic E-state index is 5.92. The zero-order chi connectivity index (χ0) is 13.1. The normalized spacial score (nSPS) is 10.6. The number of halogens is 1. The number of rotatable bonds is 3. The van der Waals surface area contributed by atoms with Gasteiger partial charge in [0.05, 0.1) is 0 Å². The first-order valence-corrected chi connectivity index (χ1v) is 6.75. The summed E-state index contributed by atoms with van der Waals surface area (Å²) in [5.41, 5.74) is 9.13. The Morgan fingerprint density at radius 1 is 1.17 bits per heavy atom. The third-order valence-corrected chi connectivity index (χ3v) is 3.47. The van der Waals surface area contributed by atoms with Crippen LogP contribution in [0.3, 0.4) is 0 Å². The number of nitrogen functional groups attached to an aromatic ring is 1. The van der Waals surface area contributed by atoms with Crippen molar-refractivity contribution in [1.82, 2.24) is 9.97 Å². The number of nitrogens with zero attached hydrogens (tertiary/aromatic N) is 2. The van der Waals surface area contributed by atoms with Gasteiger partial charge in [-0.25, -0.2) is 9.97 Å². The topological polar surface area (TPSA) is 51.8 Å². The fourth-order valence-electron chi connectivity index (χ4n) is 1.84. The summed E-state index contributed by atoms with van der Waals surface area (Å²) < 4.78 is 1.07. The number of hydrogen-bond acceptors (Lipinski definition) is 3. The van der Waals surface area contributed by atoms with E-state index >= 15 is 0 Å². The highest BCUT2D eigenvalue weighted by atomic mass is 79.9. The fraction of sp³-hybridized carbons (Fsp3) is 0.286. The standard InChI is InChI=1S/C14H16BrN3/c1-3-12-9(2)14(16)18-13(17-12)8-10-4-6-11(15)7-5-10/h4-7H,3,8H2,1-2H3,(H2,16,17,18). The van der Waals surface area contributed by atoms with Crippen molar-refractivity contribution in [1.29, 1.82) is 0 Å². The lowest BCUT2D eigenvalue weighted by Gasteiger charge is -2.08. The lowest BCUT2D eigenvalue weighted by atomic mass is 10.1. The summed E-state index contributed by atoms with van der Waals surface area (Å²) >= 11 is 3.42. The Balaban J connectivity index is 2.29. The summed E-state index contributed by atoms with van der Waals surface area (Å²) in [5, 5.41) is 0. The van der Waals surface area contributed by atoms with Crippen molar-refractivity contribution in [3.8, 4) is 0 Å². The number of benzene rings is 1. The van der Waals surface area contributed by atoms with E-state index in [0.717, 1.165) is 28.0 Å². The highest BCUT2D eigenvalue weighted by Gasteiger charge is 2.07. The molecule has 0 fully saturated rings. The van der Waals surface area contributed by atoms with Crippen LogP contribution in [0.2, 0.25) is 0 Å². The van der Waals surface area contributed by atoms with Gasteiger partial charge in [-0.3, -0.25) is 0 Å². The van der Waals surface area contributed by atoms with Gasteiger partial charge >= 0.3 is 0 Å². The molecule has 0 saturated heterocycles. The smallest absolute Gasteiger partial charge is 0.135 e. The number of aryl methyl sites for hydroxylation is 1. The molecular formula is C14H16BrN3. The molecular weight excluding hydrogens is 290 g/mol. The van der Waals surface area contributed by atoms with Gasteiger partial charge in [-0.05, 0) is 31.0 Å². The van der Waals surface area contributed by atoms with Gasteiger partial charge in [0.25, 0.3) is 0 Å². The van der Waals surface area contributed by atoms with Crippen LogP contribution >= 0.6 is 15.9 Å². The van der Waals surface area contributed by atoms with Gasteiger partial charge in [0, 0.05) is 22.2 Å². The van der Waals surface area contributed by atoms with Crippen molar-refractivity contribution in [2.75, 3.05) is 5.73 Å². The second kappa shape index (κ2) is 5.48. The van der Waals surface area contributed by atoms with Gasteiger partial charge < -0.3 is 5.73 Å². The molecule has 2 N–H and O–H groups in total. The molecule has 2 aromatic rings. The van der Waals surface area contributed by atoms with Crippen LogP contribution < -0.4 is 5.73 Å². The predicted molar refractivity (Wildman–Crippen MR) is 77.5 cm³/mol. The van der Waals surface area contributed by atoms with Crippen LogP contribution in [0.15, 0.2) is 28.7 Å². The molecule has 0 amide bonds. The van der Waals surface area contributed by atoms with Crippen LogP contribution in [0.25, 0.3) is 0 Å². The van der Waals surface area contributed by atoms with Crippen LogP contribution in [0.1, 0.15) is 29.6 Å². The summed E-state index contributed by atoms with van der Waals surface area (Å²) in [6.45, 7) is 4.05. The lowest BCUT2D eigenvalue weighted by Crippen LogP contribution is -2.07. The number of aromatic nitrogens is 2. The average Bonchev–Trinajstić information content (AvgIpc) is 2.36. The van der Waals surface area contributed by atoms with Crippen molar-refractivity contribution in [3.05, 3.63) is 51.4 Å². The molecule has 2 rings (SSSR count). The Bertz CT molecular complexity index is 550. The Morgan fingerprint density at radius 3 is 2.44 bits per heavy atom. The van der Waals surface area contributed by atoms with Crippen LogP contribution in [0, 0.1) is 6.92 Å². The van der Waals surface area contributed by atoms with Crippen molar-refractivity contribution in [2.45, 2.75) is 26.7 Å². The van der Waals surface area contributed by atoms with E-state index in [2.05, 4.69) is 45.0 Å². The van der Waals surface area contributed by atoms with E-state index in [1.165, 1.54) is 5.56 Å². The van der Waals surface area contributed by atoms with Gasteiger partial charge in [-0.1, -0.05) is 35.0 Å². The molecule has 0 spiro atoms. The quantitative estimate of drug-likeness (QED) is 0.946. The molecule has 0 atom stereocenters. The minimum atomic E-state index is 0.592. The highest BCUT2D eigenvalue weighted by molar-refractivity contribution is 9.10. The van der Waals surface area contributed by atoms with Gasteiger partial charge in [0.1, 0.15) is 11.6 Å². The summed E-state index contributed by atoms with van der Waals surface area (Å²) in [6.07, 6.45) is 1.59. The molecule has 18 heavy (non-hydrogen) atoms. The maximum absolute atomic E-state index is 5.92. The second-order valence-electron chi connectivity index (χ2n) is 4.25. The second-order valence-corrected chi connectivity index (χ2v) is 5.17. The molecule has 0 aliphatic carbocycles. The largest absolute Gasteiger partial charge is 0.383 e. The van der Waals surface area contributed by atoms with Crippen molar-refractivity contribution in [2.24, 2.45) is 0 Å². The van der Waals surface area contributed by atoms with E-state index in [-0.39, 0.29) is 0 Å². The summed E-state index contributed by atoms with van der Waals surface area (Å²) in [5.74, 6) is 1.38.